The summed E-state index contributed by atoms with van der Waals surface area (Å²) in [6.07, 6.45) is 0. The van der Waals surface area contributed by atoms with E-state index in [4.69, 9.17) is 4.42 Å². The zero-order valence-electron chi connectivity index (χ0n) is 16.6. The molecule has 2 heterocycles. The lowest BCUT2D eigenvalue weighted by Gasteiger charge is -2.34. The van der Waals surface area contributed by atoms with Gasteiger partial charge in [-0.2, -0.15) is 0 Å². The normalized spacial score (nSPS) is 14.6. The van der Waals surface area contributed by atoms with Crippen LogP contribution in [-0.2, 0) is 0 Å². The van der Waals surface area contributed by atoms with Gasteiger partial charge in [-0.15, -0.1) is 5.10 Å². The summed E-state index contributed by atoms with van der Waals surface area (Å²) in [5.41, 5.74) is 3.76. The first-order valence-electron chi connectivity index (χ1n) is 9.59. The highest BCUT2D eigenvalue weighted by atomic mass is 16.4. The van der Waals surface area contributed by atoms with Crippen molar-refractivity contribution in [3.05, 3.63) is 60.0 Å². The Morgan fingerprint density at radius 3 is 2.48 bits per heavy atom. The van der Waals surface area contributed by atoms with E-state index >= 15 is 0 Å². The summed E-state index contributed by atoms with van der Waals surface area (Å²) in [5.74, 6) is -0.537. The van der Waals surface area contributed by atoms with Crippen molar-refractivity contribution in [2.45, 2.75) is 6.92 Å². The number of carbonyl (C=O) groups is 1. The van der Waals surface area contributed by atoms with Gasteiger partial charge < -0.3 is 24.9 Å². The van der Waals surface area contributed by atoms with Crippen LogP contribution in [0.3, 0.4) is 0 Å². The fourth-order valence-electron chi connectivity index (χ4n) is 3.22. The Labute approximate surface area is 169 Å². The van der Waals surface area contributed by atoms with Gasteiger partial charge in [-0.1, -0.05) is 17.2 Å². The van der Waals surface area contributed by atoms with E-state index in [0.717, 1.165) is 43.1 Å². The van der Waals surface area contributed by atoms with E-state index < -0.39 is 5.91 Å². The number of hydrogen-bond donors (Lipinski definition) is 2. The molecule has 0 bridgehead atoms. The molecule has 2 aromatic carbocycles. The molecule has 0 saturated carbocycles. The van der Waals surface area contributed by atoms with E-state index in [-0.39, 0.29) is 11.9 Å². The van der Waals surface area contributed by atoms with Crippen LogP contribution in [-0.4, -0.2) is 54.2 Å². The summed E-state index contributed by atoms with van der Waals surface area (Å²) in [7, 11) is 2.13. The summed E-state index contributed by atoms with van der Waals surface area (Å²) >= 11 is 0. The van der Waals surface area contributed by atoms with Gasteiger partial charge in [0.1, 0.15) is 0 Å². The van der Waals surface area contributed by atoms with Gasteiger partial charge >= 0.3 is 17.8 Å². The maximum atomic E-state index is 12.4. The smallest absolute Gasteiger partial charge is 0.320 e. The molecule has 1 aliphatic rings. The Morgan fingerprint density at radius 2 is 1.76 bits per heavy atom. The standard InChI is InChI=1S/C21H24N6O2/c1-15-4-3-5-17(14-15)23-21-25-24-20(29-21)19(28)22-16-6-8-18(9-7-16)27-12-10-26(2)11-13-27/h3-9,14H,10-13H2,1-2H3,(H,22,28)(H,23,25). The predicted molar refractivity (Wildman–Crippen MR) is 113 cm³/mol. The Kier molecular flexibility index (Phi) is 5.44. The third-order valence-corrected chi connectivity index (χ3v) is 4.88. The highest BCUT2D eigenvalue weighted by Gasteiger charge is 2.17. The number of aryl methyl sites for hydroxylation is 1. The zero-order valence-corrected chi connectivity index (χ0v) is 16.6. The molecule has 2 N–H and O–H groups in total. The molecule has 0 spiro atoms. The number of nitrogens with one attached hydrogen (secondary N) is 2. The summed E-state index contributed by atoms with van der Waals surface area (Å²) in [4.78, 5) is 17.1. The van der Waals surface area contributed by atoms with Gasteiger partial charge in [0.2, 0.25) is 0 Å². The molecular formula is C21H24N6O2. The summed E-state index contributed by atoms with van der Waals surface area (Å²) in [5, 5.41) is 13.5. The first-order chi connectivity index (χ1) is 14.1. The van der Waals surface area contributed by atoms with Crippen LogP contribution in [0.15, 0.2) is 52.9 Å². The van der Waals surface area contributed by atoms with Crippen molar-refractivity contribution in [1.82, 2.24) is 15.1 Å². The van der Waals surface area contributed by atoms with E-state index in [1.165, 1.54) is 0 Å². The molecule has 8 heteroatoms. The molecule has 8 nitrogen and oxygen atoms in total. The first kappa shape index (κ1) is 18.9. The average Bonchev–Trinajstić information content (AvgIpc) is 3.18. The van der Waals surface area contributed by atoms with Crippen molar-refractivity contribution in [3.8, 4) is 0 Å². The maximum absolute atomic E-state index is 12.4. The van der Waals surface area contributed by atoms with Gasteiger partial charge in [0.25, 0.3) is 0 Å². The molecule has 29 heavy (non-hydrogen) atoms. The van der Waals surface area contributed by atoms with Crippen molar-refractivity contribution in [2.24, 2.45) is 0 Å². The number of likely N-dealkylation sites (N-methyl/N-ethyl adjacent to an activating group) is 1. The number of piperazine rings is 1. The second-order valence-electron chi connectivity index (χ2n) is 7.20. The van der Waals surface area contributed by atoms with E-state index in [1.54, 1.807) is 0 Å². The largest absolute Gasteiger partial charge is 0.399 e. The maximum Gasteiger partial charge on any atom is 0.320 e. The first-order valence-corrected chi connectivity index (χ1v) is 9.59. The van der Waals surface area contributed by atoms with Crippen molar-refractivity contribution < 1.29 is 9.21 Å². The van der Waals surface area contributed by atoms with Gasteiger partial charge in [-0.05, 0) is 55.9 Å². The van der Waals surface area contributed by atoms with E-state index in [0.29, 0.717) is 5.69 Å². The van der Waals surface area contributed by atoms with Crippen LogP contribution < -0.4 is 15.5 Å². The second kappa shape index (κ2) is 8.32. The lowest BCUT2D eigenvalue weighted by molar-refractivity contribution is 0.0991. The summed E-state index contributed by atoms with van der Waals surface area (Å²) < 4.78 is 5.43. The number of nitrogens with zero attached hydrogens (tertiary/aromatic N) is 4. The SMILES string of the molecule is Cc1cccc(Nc2nnc(C(=O)Nc3ccc(N4CCN(C)CC4)cc3)o2)c1. The minimum atomic E-state index is -0.442. The fourth-order valence-corrected chi connectivity index (χ4v) is 3.22. The highest BCUT2D eigenvalue weighted by molar-refractivity contribution is 6.01. The molecule has 4 rings (SSSR count). The number of aromatic nitrogens is 2. The van der Waals surface area contributed by atoms with Crippen LogP contribution in [0, 0.1) is 6.92 Å². The highest BCUT2D eigenvalue weighted by Crippen LogP contribution is 2.20. The lowest BCUT2D eigenvalue weighted by Crippen LogP contribution is -2.44. The lowest BCUT2D eigenvalue weighted by atomic mass is 10.2. The topological polar surface area (TPSA) is 86.5 Å². The molecule has 3 aromatic rings. The van der Waals surface area contributed by atoms with Crippen LogP contribution in [0.25, 0.3) is 0 Å². The molecule has 0 unspecified atom stereocenters. The Morgan fingerprint density at radius 1 is 1.00 bits per heavy atom. The summed E-state index contributed by atoms with van der Waals surface area (Å²) in [6, 6.07) is 15.7. The van der Waals surface area contributed by atoms with Crippen LogP contribution in [0.5, 0.6) is 0 Å². The van der Waals surface area contributed by atoms with Gasteiger partial charge in [-0.25, -0.2) is 0 Å². The molecule has 150 valence electrons. The van der Waals surface area contributed by atoms with E-state index in [2.05, 4.69) is 37.7 Å². The molecule has 0 radical (unpaired) electrons. The van der Waals surface area contributed by atoms with Gasteiger partial charge in [0, 0.05) is 43.2 Å². The second-order valence-corrected chi connectivity index (χ2v) is 7.20. The predicted octanol–water partition coefficient (Wildman–Crippen LogP) is 3.13. The Bertz CT molecular complexity index is 977. The number of carbonyl (C=O) groups excluding carboxylic acids is 1. The minimum Gasteiger partial charge on any atom is -0.399 e. The van der Waals surface area contributed by atoms with Crippen LogP contribution in [0.4, 0.5) is 23.1 Å². The Hall–Kier alpha value is -3.39. The zero-order chi connectivity index (χ0) is 20.2. The van der Waals surface area contributed by atoms with Gasteiger partial charge in [0.05, 0.1) is 0 Å². The molecular weight excluding hydrogens is 368 g/mol. The minimum absolute atomic E-state index is 0.0942. The molecule has 1 aromatic heterocycles. The quantitative estimate of drug-likeness (QED) is 0.690. The third-order valence-electron chi connectivity index (χ3n) is 4.88. The fraction of sp³-hybridized carbons (Fsp3) is 0.286. The number of benzene rings is 2. The number of amides is 1. The molecule has 1 amide bonds. The van der Waals surface area contributed by atoms with Crippen LogP contribution >= 0.6 is 0 Å². The van der Waals surface area contributed by atoms with Crippen molar-refractivity contribution in [2.75, 3.05) is 48.8 Å². The van der Waals surface area contributed by atoms with E-state index in [9.17, 15) is 4.79 Å². The molecule has 1 aliphatic heterocycles. The molecule has 1 saturated heterocycles. The average molecular weight is 392 g/mol. The van der Waals surface area contributed by atoms with Crippen molar-refractivity contribution >= 4 is 29.0 Å². The number of anilines is 4. The molecule has 0 aliphatic carbocycles. The van der Waals surface area contributed by atoms with Gasteiger partial charge in [-0.3, -0.25) is 4.79 Å². The summed E-state index contributed by atoms with van der Waals surface area (Å²) in [6.45, 7) is 6.10. The van der Waals surface area contributed by atoms with Gasteiger partial charge in [0.15, 0.2) is 0 Å². The van der Waals surface area contributed by atoms with Crippen LogP contribution in [0.2, 0.25) is 0 Å². The Balaban J connectivity index is 1.36. The number of rotatable bonds is 5. The number of hydrogen-bond acceptors (Lipinski definition) is 7. The molecule has 0 atom stereocenters. The molecule has 1 fully saturated rings. The monoisotopic (exact) mass is 392 g/mol. The van der Waals surface area contributed by atoms with Crippen molar-refractivity contribution in [3.63, 3.8) is 0 Å². The van der Waals surface area contributed by atoms with Crippen molar-refractivity contribution in [1.29, 1.82) is 0 Å². The van der Waals surface area contributed by atoms with E-state index in [1.807, 2.05) is 55.5 Å². The van der Waals surface area contributed by atoms with Crippen LogP contribution in [0.1, 0.15) is 16.2 Å². The third kappa shape index (κ3) is 4.72.